The molecule has 0 spiro atoms. The van der Waals surface area contributed by atoms with Gasteiger partial charge in [0.1, 0.15) is 21.9 Å². The van der Waals surface area contributed by atoms with Gasteiger partial charge in [-0.25, -0.2) is 13.2 Å². The zero-order valence-corrected chi connectivity index (χ0v) is 8.54. The van der Waals surface area contributed by atoms with E-state index in [0.717, 1.165) is 0 Å². The van der Waals surface area contributed by atoms with E-state index in [-0.39, 0.29) is 6.29 Å². The lowest BCUT2D eigenvalue weighted by molar-refractivity contribution is -0.103. The van der Waals surface area contributed by atoms with Crippen molar-refractivity contribution in [2.45, 2.75) is 0 Å². The van der Waals surface area contributed by atoms with Crippen LogP contribution in [-0.2, 0) is 4.79 Å². The second kappa shape index (κ2) is 4.68. The van der Waals surface area contributed by atoms with Crippen molar-refractivity contribution in [1.29, 1.82) is 0 Å². The number of hydrogen-bond donors (Lipinski definition) is 0. The minimum atomic E-state index is -1.24. The number of aldehydes is 1. The lowest BCUT2D eigenvalue weighted by Gasteiger charge is -2.04. The molecule has 0 unspecified atom stereocenters. The van der Waals surface area contributed by atoms with Gasteiger partial charge in [-0.05, 0) is 0 Å². The summed E-state index contributed by atoms with van der Waals surface area (Å²) in [6, 6.07) is 0.858. The van der Waals surface area contributed by atoms with Crippen molar-refractivity contribution < 1.29 is 18.0 Å². The van der Waals surface area contributed by atoms with E-state index in [2.05, 4.69) is 0 Å². The van der Waals surface area contributed by atoms with Crippen LogP contribution in [0.15, 0.2) is 16.6 Å². The van der Waals surface area contributed by atoms with Gasteiger partial charge in [-0.2, -0.15) is 0 Å². The average molecular weight is 255 g/mol. The Balaban J connectivity index is 3.50. The molecular formula is C9H3Cl2F3O. The molecule has 0 atom stereocenters. The molecule has 0 aliphatic rings. The molecule has 0 N–H and O–H groups in total. The third-order valence-corrected chi connectivity index (χ3v) is 2.00. The van der Waals surface area contributed by atoms with Gasteiger partial charge in [0.15, 0.2) is 6.29 Å². The maximum atomic E-state index is 13.1. The highest BCUT2D eigenvalue weighted by Gasteiger charge is 2.17. The van der Waals surface area contributed by atoms with Crippen molar-refractivity contribution in [3.8, 4) is 0 Å². The van der Waals surface area contributed by atoms with E-state index < -0.39 is 33.1 Å². The lowest BCUT2D eigenvalue weighted by atomic mass is 10.1. The predicted octanol–water partition coefficient (Wildman–Crippen LogP) is 3.45. The van der Waals surface area contributed by atoms with E-state index in [4.69, 9.17) is 23.2 Å². The smallest absolute Gasteiger partial charge is 0.153 e. The molecule has 1 aromatic carbocycles. The fraction of sp³-hybridized carbons (Fsp3) is 0. The van der Waals surface area contributed by atoms with E-state index in [9.17, 15) is 18.0 Å². The van der Waals surface area contributed by atoms with Crippen molar-refractivity contribution in [3.05, 3.63) is 39.6 Å². The molecule has 6 heteroatoms. The summed E-state index contributed by atoms with van der Waals surface area (Å²) in [6.07, 6.45) is 0.0920. The number of halogens is 5. The van der Waals surface area contributed by atoms with Gasteiger partial charge in [-0.1, -0.05) is 23.2 Å². The van der Waals surface area contributed by atoms with E-state index in [1.165, 1.54) is 0 Å². The van der Waals surface area contributed by atoms with Gasteiger partial charge in [-0.3, -0.25) is 4.79 Å². The van der Waals surface area contributed by atoms with Gasteiger partial charge in [-0.15, -0.1) is 0 Å². The highest BCUT2D eigenvalue weighted by Crippen LogP contribution is 2.27. The van der Waals surface area contributed by atoms with Crippen LogP contribution < -0.4 is 0 Å². The minimum absolute atomic E-state index is 0.0920. The Labute approximate surface area is 93.1 Å². The number of carbonyl (C=O) groups excluding carboxylic acids is 1. The van der Waals surface area contributed by atoms with Crippen LogP contribution in [-0.4, -0.2) is 6.29 Å². The maximum Gasteiger partial charge on any atom is 0.153 e. The number of benzene rings is 1. The van der Waals surface area contributed by atoms with Crippen molar-refractivity contribution in [2.75, 3.05) is 0 Å². The predicted molar refractivity (Wildman–Crippen MR) is 51.0 cm³/mol. The molecule has 0 saturated carbocycles. The molecule has 0 bridgehead atoms. The van der Waals surface area contributed by atoms with Crippen molar-refractivity contribution in [3.63, 3.8) is 0 Å². The van der Waals surface area contributed by atoms with Crippen LogP contribution in [0.4, 0.5) is 13.2 Å². The van der Waals surface area contributed by atoms with Crippen molar-refractivity contribution in [1.82, 2.24) is 0 Å². The van der Waals surface area contributed by atoms with Crippen LogP contribution in [0, 0.1) is 17.5 Å². The molecule has 1 nitrogen and oxygen atoms in total. The molecule has 0 amide bonds. The van der Waals surface area contributed by atoms with Gasteiger partial charge in [0.05, 0.1) is 11.1 Å². The third-order valence-electron chi connectivity index (χ3n) is 1.60. The summed E-state index contributed by atoms with van der Waals surface area (Å²) < 4.78 is 38.2. The van der Waals surface area contributed by atoms with E-state index in [1.807, 2.05) is 0 Å². The Morgan fingerprint density at radius 1 is 1.13 bits per heavy atom. The Bertz CT molecular complexity index is 416. The lowest BCUT2D eigenvalue weighted by Crippen LogP contribution is -1.98. The van der Waals surface area contributed by atoms with Crippen LogP contribution in [0.5, 0.6) is 0 Å². The number of hydrogen-bond acceptors (Lipinski definition) is 1. The van der Waals surface area contributed by atoms with Crippen molar-refractivity contribution >= 4 is 35.1 Å². The SMILES string of the molecule is O=CC(=C(Cl)Cl)c1c(F)cc(F)cc1F. The molecular weight excluding hydrogens is 252 g/mol. The van der Waals surface area contributed by atoms with Crippen LogP contribution in [0.25, 0.3) is 5.57 Å². The second-order valence-corrected chi connectivity index (χ2v) is 3.49. The summed E-state index contributed by atoms with van der Waals surface area (Å²) in [5.74, 6) is -3.58. The number of carbonyl (C=O) groups is 1. The molecule has 0 heterocycles. The van der Waals surface area contributed by atoms with Gasteiger partial charge in [0, 0.05) is 12.1 Å². The molecule has 0 saturated heterocycles. The van der Waals surface area contributed by atoms with Gasteiger partial charge < -0.3 is 0 Å². The first-order valence-corrected chi connectivity index (χ1v) is 4.38. The van der Waals surface area contributed by atoms with E-state index in [0.29, 0.717) is 12.1 Å². The first-order valence-electron chi connectivity index (χ1n) is 3.62. The molecule has 0 aliphatic carbocycles. The topological polar surface area (TPSA) is 17.1 Å². The Morgan fingerprint density at radius 3 is 1.93 bits per heavy atom. The molecule has 1 aromatic rings. The van der Waals surface area contributed by atoms with Crippen molar-refractivity contribution in [2.24, 2.45) is 0 Å². The fourth-order valence-corrected chi connectivity index (χ4v) is 1.28. The van der Waals surface area contributed by atoms with Gasteiger partial charge in [0.2, 0.25) is 0 Å². The van der Waals surface area contributed by atoms with E-state index in [1.54, 1.807) is 0 Å². The summed E-state index contributed by atoms with van der Waals surface area (Å²) in [5.41, 5.74) is -1.31. The zero-order valence-electron chi connectivity index (χ0n) is 7.03. The highest BCUT2D eigenvalue weighted by atomic mass is 35.5. The quantitative estimate of drug-likeness (QED) is 0.584. The number of rotatable bonds is 2. The van der Waals surface area contributed by atoms with Gasteiger partial charge >= 0.3 is 0 Å². The summed E-state index contributed by atoms with van der Waals surface area (Å²) in [4.78, 5) is 10.5. The number of allylic oxidation sites excluding steroid dienone is 1. The summed E-state index contributed by atoms with van der Waals surface area (Å²) in [5, 5.41) is 0. The monoisotopic (exact) mass is 254 g/mol. The summed E-state index contributed by atoms with van der Waals surface area (Å²) >= 11 is 10.5. The molecule has 0 fully saturated rings. The summed E-state index contributed by atoms with van der Waals surface area (Å²) in [7, 11) is 0. The normalized spacial score (nSPS) is 9.93. The first-order chi connectivity index (χ1) is 6.97. The highest BCUT2D eigenvalue weighted by molar-refractivity contribution is 6.60. The van der Waals surface area contributed by atoms with E-state index >= 15 is 0 Å². The first kappa shape index (κ1) is 12.1. The third kappa shape index (κ3) is 2.52. The zero-order chi connectivity index (χ0) is 11.6. The molecule has 0 aliphatic heterocycles. The van der Waals surface area contributed by atoms with Gasteiger partial charge in [0.25, 0.3) is 0 Å². The minimum Gasteiger partial charge on any atom is -0.298 e. The largest absolute Gasteiger partial charge is 0.298 e. The van der Waals surface area contributed by atoms with Crippen LogP contribution >= 0.6 is 23.2 Å². The van der Waals surface area contributed by atoms with Crippen LogP contribution in [0.2, 0.25) is 0 Å². The molecule has 80 valence electrons. The Morgan fingerprint density at radius 2 is 1.60 bits per heavy atom. The Hall–Kier alpha value is -1.00. The maximum absolute atomic E-state index is 13.1. The fourth-order valence-electron chi connectivity index (χ4n) is 0.997. The second-order valence-electron chi connectivity index (χ2n) is 2.54. The average Bonchev–Trinajstić information content (AvgIpc) is 2.09. The van der Waals surface area contributed by atoms with Crippen LogP contribution in [0.3, 0.4) is 0 Å². The molecule has 1 rings (SSSR count). The molecule has 0 radical (unpaired) electrons. The summed E-state index contributed by atoms with van der Waals surface area (Å²) in [6.45, 7) is 0. The van der Waals surface area contributed by atoms with Crippen LogP contribution in [0.1, 0.15) is 5.56 Å². The Kier molecular flexibility index (Phi) is 3.77. The molecule has 15 heavy (non-hydrogen) atoms. The standard InChI is InChI=1S/C9H3Cl2F3O/c10-9(11)5(3-15)8-6(13)1-4(12)2-7(8)14/h1-3H. The molecule has 0 aromatic heterocycles.